The summed E-state index contributed by atoms with van der Waals surface area (Å²) < 4.78 is 5.25. The van der Waals surface area contributed by atoms with Gasteiger partial charge in [-0.2, -0.15) is 4.98 Å². The van der Waals surface area contributed by atoms with Crippen molar-refractivity contribution in [3.63, 3.8) is 0 Å². The summed E-state index contributed by atoms with van der Waals surface area (Å²) in [7, 11) is 0. The first-order chi connectivity index (χ1) is 8.65. The number of aromatic amines is 1. The SMILES string of the molecule is Nc1nc2c(c(=O)[nH]1)NC(N)N2Cc1ccco1. The third-order valence-electron chi connectivity index (χ3n) is 2.72. The summed E-state index contributed by atoms with van der Waals surface area (Å²) in [6.07, 6.45) is 1.03. The lowest BCUT2D eigenvalue weighted by Gasteiger charge is -2.21. The lowest BCUT2D eigenvalue weighted by Crippen LogP contribution is -2.42. The van der Waals surface area contributed by atoms with Gasteiger partial charge in [-0.3, -0.25) is 15.5 Å². The summed E-state index contributed by atoms with van der Waals surface area (Å²) in [4.78, 5) is 19.9. The van der Waals surface area contributed by atoms with Gasteiger partial charge in [0, 0.05) is 0 Å². The van der Waals surface area contributed by atoms with Gasteiger partial charge in [-0.1, -0.05) is 0 Å². The molecular weight excluding hydrogens is 236 g/mol. The number of fused-ring (bicyclic) bond motifs is 1. The predicted octanol–water partition coefficient (Wildman–Crippen LogP) is -0.381. The van der Waals surface area contributed by atoms with Crippen molar-refractivity contribution in [2.24, 2.45) is 5.73 Å². The molecule has 6 N–H and O–H groups in total. The Labute approximate surface area is 102 Å². The van der Waals surface area contributed by atoms with E-state index >= 15 is 0 Å². The highest BCUT2D eigenvalue weighted by Crippen LogP contribution is 2.29. The van der Waals surface area contributed by atoms with Crippen molar-refractivity contribution in [1.29, 1.82) is 0 Å². The second-order valence-electron chi connectivity index (χ2n) is 3.95. The number of aromatic nitrogens is 2. The van der Waals surface area contributed by atoms with Gasteiger partial charge in [0.2, 0.25) is 5.95 Å². The summed E-state index contributed by atoms with van der Waals surface area (Å²) in [5.74, 6) is 1.21. The Balaban J connectivity index is 2.01. The van der Waals surface area contributed by atoms with Crippen LogP contribution in [0.3, 0.4) is 0 Å². The Morgan fingerprint density at radius 1 is 1.56 bits per heavy atom. The van der Waals surface area contributed by atoms with Gasteiger partial charge in [0.05, 0.1) is 12.8 Å². The molecule has 1 atom stereocenters. The molecule has 1 unspecified atom stereocenters. The number of furan rings is 1. The van der Waals surface area contributed by atoms with Gasteiger partial charge in [-0.25, -0.2) is 0 Å². The Bertz CT molecular complexity index is 620. The van der Waals surface area contributed by atoms with Crippen LogP contribution in [0.15, 0.2) is 27.6 Å². The van der Waals surface area contributed by atoms with Gasteiger partial charge in [0.25, 0.3) is 5.56 Å². The molecule has 3 rings (SSSR count). The zero-order chi connectivity index (χ0) is 12.7. The van der Waals surface area contributed by atoms with E-state index in [1.807, 2.05) is 6.07 Å². The van der Waals surface area contributed by atoms with Crippen molar-refractivity contribution in [1.82, 2.24) is 9.97 Å². The molecule has 3 heterocycles. The van der Waals surface area contributed by atoms with E-state index in [2.05, 4.69) is 15.3 Å². The molecule has 94 valence electrons. The molecule has 0 saturated carbocycles. The van der Waals surface area contributed by atoms with Crippen LogP contribution in [0, 0.1) is 0 Å². The molecule has 2 aromatic rings. The van der Waals surface area contributed by atoms with Gasteiger partial charge in [-0.05, 0) is 12.1 Å². The van der Waals surface area contributed by atoms with Crippen LogP contribution in [0.5, 0.6) is 0 Å². The molecule has 0 radical (unpaired) electrons. The fourth-order valence-electron chi connectivity index (χ4n) is 1.92. The molecule has 0 spiro atoms. The number of rotatable bonds is 2. The smallest absolute Gasteiger partial charge is 0.277 e. The number of nitrogens with one attached hydrogen (secondary N) is 2. The van der Waals surface area contributed by atoms with Crippen LogP contribution >= 0.6 is 0 Å². The van der Waals surface area contributed by atoms with Crippen LogP contribution in [0.2, 0.25) is 0 Å². The number of nitrogen functional groups attached to an aromatic ring is 1. The molecule has 0 aromatic carbocycles. The van der Waals surface area contributed by atoms with Gasteiger partial charge < -0.3 is 20.4 Å². The maximum absolute atomic E-state index is 11.7. The first-order valence-electron chi connectivity index (χ1n) is 5.36. The van der Waals surface area contributed by atoms with E-state index in [-0.39, 0.29) is 11.5 Å². The van der Waals surface area contributed by atoms with E-state index in [1.165, 1.54) is 0 Å². The average molecular weight is 248 g/mol. The zero-order valence-corrected chi connectivity index (χ0v) is 9.38. The van der Waals surface area contributed by atoms with Crippen LogP contribution < -0.4 is 27.2 Å². The minimum atomic E-state index is -0.541. The molecule has 18 heavy (non-hydrogen) atoms. The molecule has 8 nitrogen and oxygen atoms in total. The monoisotopic (exact) mass is 248 g/mol. The number of nitrogens with zero attached hydrogens (tertiary/aromatic N) is 2. The second-order valence-corrected chi connectivity index (χ2v) is 3.95. The molecule has 0 aliphatic carbocycles. The zero-order valence-electron chi connectivity index (χ0n) is 9.38. The van der Waals surface area contributed by atoms with Crippen molar-refractivity contribution >= 4 is 17.5 Å². The number of H-pyrrole nitrogens is 1. The van der Waals surface area contributed by atoms with Crippen LogP contribution in [-0.4, -0.2) is 16.3 Å². The highest BCUT2D eigenvalue weighted by Gasteiger charge is 2.30. The van der Waals surface area contributed by atoms with Crippen LogP contribution in [0.1, 0.15) is 5.76 Å². The fourth-order valence-corrected chi connectivity index (χ4v) is 1.92. The van der Waals surface area contributed by atoms with Crippen LogP contribution in [0.4, 0.5) is 17.5 Å². The van der Waals surface area contributed by atoms with E-state index < -0.39 is 6.29 Å². The number of nitrogens with two attached hydrogens (primary N) is 2. The fraction of sp³-hybridized carbons (Fsp3) is 0.200. The summed E-state index contributed by atoms with van der Waals surface area (Å²) in [6.45, 7) is 0.407. The lowest BCUT2D eigenvalue weighted by atomic mass is 10.4. The summed E-state index contributed by atoms with van der Waals surface area (Å²) in [5.41, 5.74) is 11.4. The van der Waals surface area contributed by atoms with E-state index in [4.69, 9.17) is 15.9 Å². The maximum Gasteiger partial charge on any atom is 0.277 e. The molecule has 0 fully saturated rings. The van der Waals surface area contributed by atoms with Crippen LogP contribution in [-0.2, 0) is 6.54 Å². The van der Waals surface area contributed by atoms with E-state index in [0.29, 0.717) is 18.1 Å². The molecule has 1 aliphatic heterocycles. The quantitative estimate of drug-likeness (QED) is 0.570. The molecular formula is C10H12N6O2. The highest BCUT2D eigenvalue weighted by molar-refractivity contribution is 5.71. The van der Waals surface area contributed by atoms with Gasteiger partial charge in [-0.15, -0.1) is 0 Å². The van der Waals surface area contributed by atoms with Crippen molar-refractivity contribution in [2.75, 3.05) is 16.0 Å². The average Bonchev–Trinajstić information content (AvgIpc) is 2.91. The minimum absolute atomic E-state index is 0.0547. The number of hydrogen-bond acceptors (Lipinski definition) is 7. The van der Waals surface area contributed by atoms with Crippen molar-refractivity contribution < 1.29 is 4.42 Å². The minimum Gasteiger partial charge on any atom is -0.467 e. The number of anilines is 3. The van der Waals surface area contributed by atoms with Gasteiger partial charge in [0.1, 0.15) is 11.4 Å². The van der Waals surface area contributed by atoms with Gasteiger partial charge in [0.15, 0.2) is 12.1 Å². The molecule has 0 amide bonds. The standard InChI is InChI=1S/C10H12N6O2/c11-9-14-7-6(8(17)15-9)13-10(12)16(7)4-5-2-1-3-18-5/h1-3,10,13H,4,12H2,(H3,11,14,15,17). The highest BCUT2D eigenvalue weighted by atomic mass is 16.3. The first-order valence-corrected chi connectivity index (χ1v) is 5.36. The third-order valence-corrected chi connectivity index (χ3v) is 2.72. The van der Waals surface area contributed by atoms with E-state index in [1.54, 1.807) is 17.2 Å². The molecule has 0 bridgehead atoms. The van der Waals surface area contributed by atoms with Crippen molar-refractivity contribution in [3.05, 3.63) is 34.5 Å². The normalized spacial score (nSPS) is 17.6. The third kappa shape index (κ3) is 1.59. The Morgan fingerprint density at radius 2 is 2.39 bits per heavy atom. The molecule has 8 heteroatoms. The van der Waals surface area contributed by atoms with Gasteiger partial charge >= 0.3 is 0 Å². The van der Waals surface area contributed by atoms with Crippen LogP contribution in [0.25, 0.3) is 0 Å². The Morgan fingerprint density at radius 3 is 3.11 bits per heavy atom. The Hall–Kier alpha value is -2.48. The summed E-state index contributed by atoms with van der Waals surface area (Å²) in [5, 5.41) is 2.86. The topological polar surface area (TPSA) is 126 Å². The first kappa shape index (κ1) is 10.7. The Kier molecular flexibility index (Phi) is 2.23. The summed E-state index contributed by atoms with van der Waals surface area (Å²) in [6, 6.07) is 3.60. The largest absolute Gasteiger partial charge is 0.467 e. The predicted molar refractivity (Wildman–Crippen MR) is 65.8 cm³/mol. The second kappa shape index (κ2) is 3.77. The van der Waals surface area contributed by atoms with E-state index in [0.717, 1.165) is 5.76 Å². The lowest BCUT2D eigenvalue weighted by molar-refractivity contribution is 0.494. The van der Waals surface area contributed by atoms with E-state index in [9.17, 15) is 4.79 Å². The molecule has 2 aromatic heterocycles. The van der Waals surface area contributed by atoms with Crippen molar-refractivity contribution in [2.45, 2.75) is 12.8 Å². The number of hydrogen-bond donors (Lipinski definition) is 4. The molecule has 0 saturated heterocycles. The molecule has 1 aliphatic rings. The maximum atomic E-state index is 11.7. The van der Waals surface area contributed by atoms with Crippen molar-refractivity contribution in [3.8, 4) is 0 Å². The summed E-state index contributed by atoms with van der Waals surface area (Å²) >= 11 is 0.